The van der Waals surface area contributed by atoms with Crippen LogP contribution in [-0.2, 0) is 480 Å². The second-order valence-corrected chi connectivity index (χ2v) is 98.3. The summed E-state index contributed by atoms with van der Waals surface area (Å²) < 4.78 is 6.01. The van der Waals surface area contributed by atoms with Crippen molar-refractivity contribution >= 4 is 487 Å². The number of fused-ring (bicyclic) bond motifs is 8. The van der Waals surface area contributed by atoms with Gasteiger partial charge in [0.2, 0.25) is 0 Å². The van der Waals surface area contributed by atoms with Gasteiger partial charge in [-0.25, -0.2) is 0 Å². The number of hydrogen-bond acceptors (Lipinski definition) is 5. The van der Waals surface area contributed by atoms with E-state index in [4.69, 9.17) is 38.6 Å². The fourth-order valence-corrected chi connectivity index (χ4v) is 138. The van der Waals surface area contributed by atoms with Gasteiger partial charge in [0.05, 0.1) is 11.4 Å². The van der Waals surface area contributed by atoms with Crippen LogP contribution in [0.15, 0.2) is 36.4 Å². The molecule has 402 valence electrons. The Morgan fingerprint density at radius 1 is 0.257 bits per heavy atom. The standard InChI is InChI=1S/C14H12N2O.S53/c15-11-5-9-10(6-12(11)16)14-8-4-2-1-3-7(8)13(9)17-14;1-3-5-7-9-11-13-15-17-19-21-23-25-27-29-31-33-35-37-39-41-43-45-47-49-51-53-52-50-48-46-44-42-40-38-36-34-32-30-28-26-24-22-20-18-16-14-12-10-8-6-4-2/h1-6,13-14H,15-16H2;. The van der Waals surface area contributed by atoms with Gasteiger partial charge in [-0.15, -0.1) is 0 Å². The van der Waals surface area contributed by atoms with E-state index in [1.54, 1.807) is 107 Å². The Morgan fingerprint density at radius 2 is 0.414 bits per heavy atom. The first-order chi connectivity index (χ1) is 34.7. The maximum absolute atomic E-state index is 6.01. The Labute approximate surface area is 558 Å². The molecule has 2 atom stereocenters. The van der Waals surface area contributed by atoms with Crippen LogP contribution in [-0.4, -0.2) is 0 Å². The second-order valence-electron chi connectivity index (χ2n) is 8.11. The van der Waals surface area contributed by atoms with Crippen molar-refractivity contribution in [2.45, 2.75) is 12.2 Å². The van der Waals surface area contributed by atoms with Crippen LogP contribution in [0.4, 0.5) is 11.4 Å². The van der Waals surface area contributed by atoms with E-state index in [9.17, 15) is 0 Å². The topological polar surface area (TPSA) is 61.3 Å². The lowest BCUT2D eigenvalue weighted by Gasteiger charge is -2.16. The fourth-order valence-electron chi connectivity index (χ4n) is 3.43. The summed E-state index contributed by atoms with van der Waals surface area (Å²) in [5.74, 6) is 0. The van der Waals surface area contributed by atoms with Gasteiger partial charge in [-0.05, 0) is 34.4 Å². The number of anilines is 2. The molecule has 0 amide bonds. The molecule has 0 aliphatic carbocycles. The lowest BCUT2D eigenvalue weighted by Crippen LogP contribution is -2.05. The molecule has 0 fully saturated rings. The lowest BCUT2D eigenvalue weighted by molar-refractivity contribution is 0.0857. The highest BCUT2D eigenvalue weighted by Gasteiger charge is 2.42. The first kappa shape index (κ1) is 73.9. The highest BCUT2D eigenvalue weighted by molar-refractivity contribution is 8.82. The Morgan fingerprint density at radius 3 is 0.571 bits per heavy atom. The molecular formula is C14H12N2OS53. The van der Waals surface area contributed by atoms with Crippen molar-refractivity contribution in [1.29, 1.82) is 0 Å². The number of hydrogen-bond donors (Lipinski definition) is 2. The third-order valence-electron chi connectivity index (χ3n) is 5.08. The summed E-state index contributed by atoms with van der Waals surface area (Å²) in [6.45, 7) is 0. The zero-order valence-corrected chi connectivity index (χ0v) is 74.1. The minimum absolute atomic E-state index is 0.0362. The average molecular weight is 1920 g/mol. The largest absolute Gasteiger partial charge is 0.397 e. The molecule has 4 N–H and O–H groups in total. The molecular weight excluding hydrogens is 1910 g/mol. The molecule has 0 saturated carbocycles. The lowest BCUT2D eigenvalue weighted by atomic mass is 9.85. The molecule has 2 aliphatic heterocycles. The van der Waals surface area contributed by atoms with E-state index in [0.717, 1.165) is 0 Å². The minimum atomic E-state index is 0.0362. The van der Waals surface area contributed by atoms with Crippen LogP contribution in [0, 0.1) is 0 Å². The Bertz CT molecular complexity index is 4500. The first-order valence-electron chi connectivity index (χ1n) is 14.4. The summed E-state index contributed by atoms with van der Waals surface area (Å²) >= 11 is 9.63. The molecule has 0 aromatic heterocycles. The maximum Gasteiger partial charge on any atom is 0.110 e. The number of nitrogens with two attached hydrogens (primary N) is 2. The molecule has 70 heavy (non-hydrogen) atoms. The van der Waals surface area contributed by atoms with E-state index in [1.165, 1.54) is 40.0 Å². The highest BCUT2D eigenvalue weighted by atomic mass is 33.5. The van der Waals surface area contributed by atoms with Gasteiger partial charge < -0.3 is 16.2 Å². The van der Waals surface area contributed by atoms with Crippen LogP contribution in [0.3, 0.4) is 0 Å². The van der Waals surface area contributed by atoms with Crippen molar-refractivity contribution in [3.05, 3.63) is 58.7 Å². The van der Waals surface area contributed by atoms with Crippen molar-refractivity contribution < 1.29 is 4.74 Å². The molecule has 56 heteroatoms. The summed E-state index contributed by atoms with van der Waals surface area (Å²) in [5.41, 5.74) is 17.9. The van der Waals surface area contributed by atoms with E-state index in [2.05, 4.69) is 12.1 Å². The van der Waals surface area contributed by atoms with E-state index in [0.29, 0.717) is 11.4 Å². The number of ether oxygens (including phenoxy) is 1. The van der Waals surface area contributed by atoms with Crippen molar-refractivity contribution in [2.24, 2.45) is 0 Å². The van der Waals surface area contributed by atoms with Gasteiger partial charge in [-0.1, -0.05) is 24.3 Å². The molecule has 0 radical (unpaired) electrons. The van der Waals surface area contributed by atoms with Gasteiger partial charge >= 0.3 is 0 Å². The molecule has 2 aromatic rings. The third kappa shape index (κ3) is 40.1. The number of nitrogen functional groups attached to an aromatic ring is 2. The Hall–Kier alpha value is 9.66. The van der Waals surface area contributed by atoms with Gasteiger partial charge in [0, 0.05) is 475 Å². The summed E-state index contributed by atoms with van der Waals surface area (Å²) in [7, 11) is 91.2. The molecule has 4 rings (SSSR count). The van der Waals surface area contributed by atoms with Crippen LogP contribution in [0.1, 0.15) is 34.5 Å². The summed E-state index contributed by atoms with van der Waals surface area (Å²) in [6.07, 6.45) is 0.0724. The van der Waals surface area contributed by atoms with E-state index >= 15 is 0 Å². The second kappa shape index (κ2) is 56.5. The average Bonchev–Trinajstić information content (AvgIpc) is 3.93. The predicted molar refractivity (Wildman–Crippen MR) is 457 cm³/mol. The van der Waals surface area contributed by atoms with Gasteiger partial charge in [-0.3, -0.25) is 0 Å². The van der Waals surface area contributed by atoms with Crippen molar-refractivity contribution in [3.63, 3.8) is 0 Å². The summed E-state index contributed by atoms with van der Waals surface area (Å²) in [5, 5.41) is 0. The molecule has 2 aromatic carbocycles. The maximum atomic E-state index is 6.01. The van der Waals surface area contributed by atoms with Crippen molar-refractivity contribution in [1.82, 2.24) is 0 Å². The Balaban J connectivity index is 0.000000619. The number of rotatable bonds is 0. The fraction of sp³-hybridized carbons (Fsp3) is 0.143. The van der Waals surface area contributed by atoms with E-state index in [-0.39, 0.29) is 12.2 Å². The van der Waals surface area contributed by atoms with Gasteiger partial charge in [0.1, 0.15) is 12.2 Å². The predicted octanol–water partition coefficient (Wildman–Crippen LogP) is 2.25. The normalized spacial score (nSPS) is 11.6. The molecule has 2 aliphatic rings. The molecule has 2 unspecified atom stereocenters. The van der Waals surface area contributed by atoms with Crippen molar-refractivity contribution in [3.8, 4) is 0 Å². The molecule has 3 nitrogen and oxygen atoms in total. The first-order valence-corrected chi connectivity index (χ1v) is 83.7. The monoisotopic (exact) mass is 1920 g/mol. The zero-order valence-electron chi connectivity index (χ0n) is 30.8. The smallest absolute Gasteiger partial charge is 0.110 e. The number of benzene rings is 2. The summed E-state index contributed by atoms with van der Waals surface area (Å²) in [6, 6.07) is 12.2. The quantitative estimate of drug-likeness (QED) is 0.398. The van der Waals surface area contributed by atoms with Gasteiger partial charge in [0.25, 0.3) is 0 Å². The van der Waals surface area contributed by atoms with Crippen LogP contribution in [0.2, 0.25) is 0 Å². The van der Waals surface area contributed by atoms with Crippen LogP contribution in [0.25, 0.3) is 0 Å². The third-order valence-corrected chi connectivity index (χ3v) is 116. The van der Waals surface area contributed by atoms with Crippen LogP contribution < -0.4 is 11.5 Å². The van der Waals surface area contributed by atoms with E-state index < -0.39 is 0 Å². The molecule has 0 spiro atoms. The highest BCUT2D eigenvalue weighted by Crippen LogP contribution is 2.54. The Kier molecular flexibility index (Phi) is 59.6. The van der Waals surface area contributed by atoms with Gasteiger partial charge in [-0.2, -0.15) is 0 Å². The summed E-state index contributed by atoms with van der Waals surface area (Å²) in [4.78, 5) is 0. The van der Waals surface area contributed by atoms with Crippen LogP contribution in [0.5, 0.6) is 0 Å². The minimum Gasteiger partial charge on any atom is -0.397 e. The van der Waals surface area contributed by atoms with E-state index in [1.807, 2.05) is 353 Å². The molecule has 2 heterocycles. The SMILES string of the molecule is Nc1cc2c(cc1N)C1OC2c2ccccc21.S=S=S=S=S=S=S=S=S=S=S=S=S=S=S=S=S=S=S=S=S=S=S=S=S=S=S=S=S=S=S=S=S=S=S=S=S=S=S=S=S=S=S=S=S=S=S=S=S=S=S=S=S. The van der Waals surface area contributed by atoms with Gasteiger partial charge in [0.15, 0.2) is 0 Å². The van der Waals surface area contributed by atoms with Crippen LogP contribution >= 0.6 is 0 Å². The molecule has 0 saturated heterocycles. The molecule has 2 bridgehead atoms. The van der Waals surface area contributed by atoms with Crippen molar-refractivity contribution in [2.75, 3.05) is 11.5 Å². The zero-order chi connectivity index (χ0) is 49.6.